The molecule has 0 aromatic heterocycles. The lowest BCUT2D eigenvalue weighted by Gasteiger charge is -2.27. The summed E-state index contributed by atoms with van der Waals surface area (Å²) in [7, 11) is 0. The summed E-state index contributed by atoms with van der Waals surface area (Å²) >= 11 is 0. The topological polar surface area (TPSA) is 32.3 Å². The molecular formula is C18H28N2O. The van der Waals surface area contributed by atoms with E-state index in [1.807, 2.05) is 17.0 Å². The fourth-order valence-corrected chi connectivity index (χ4v) is 2.93. The molecule has 1 fully saturated rings. The molecule has 21 heavy (non-hydrogen) atoms. The fraction of sp³-hybridized carbons (Fsp3) is 0.611. The molecule has 0 saturated carbocycles. The van der Waals surface area contributed by atoms with Crippen LogP contribution < -0.4 is 5.32 Å². The first-order chi connectivity index (χ1) is 10.1. The van der Waals surface area contributed by atoms with E-state index in [0.717, 1.165) is 31.6 Å². The van der Waals surface area contributed by atoms with E-state index in [4.69, 9.17) is 0 Å². The molecule has 1 heterocycles. The summed E-state index contributed by atoms with van der Waals surface area (Å²) in [6.07, 6.45) is 3.41. The third-order valence-electron chi connectivity index (χ3n) is 4.09. The lowest BCUT2D eigenvalue weighted by molar-refractivity contribution is 0.0721. The Balaban J connectivity index is 2.07. The average Bonchev–Trinajstić information content (AvgIpc) is 2.98. The van der Waals surface area contributed by atoms with Crippen molar-refractivity contribution in [3.8, 4) is 0 Å². The van der Waals surface area contributed by atoms with Crippen LogP contribution >= 0.6 is 0 Å². The van der Waals surface area contributed by atoms with Crippen LogP contribution in [0.2, 0.25) is 0 Å². The standard InChI is InChI=1S/C18H28N2O/c1-4-15-7-9-16(10-8-15)18(21)20(12-14(2)3)13-17-6-5-11-19-17/h7-10,14,17,19H,4-6,11-13H2,1-3H3. The molecule has 0 aliphatic carbocycles. The number of hydrogen-bond acceptors (Lipinski definition) is 2. The first kappa shape index (κ1) is 16.0. The van der Waals surface area contributed by atoms with Crippen molar-refractivity contribution >= 4 is 5.91 Å². The lowest BCUT2D eigenvalue weighted by Crippen LogP contribution is -2.42. The number of carbonyl (C=O) groups is 1. The smallest absolute Gasteiger partial charge is 0.253 e. The van der Waals surface area contributed by atoms with Gasteiger partial charge in [-0.15, -0.1) is 0 Å². The van der Waals surface area contributed by atoms with Gasteiger partial charge in [-0.05, 0) is 49.4 Å². The quantitative estimate of drug-likeness (QED) is 0.872. The molecule has 3 heteroatoms. The van der Waals surface area contributed by atoms with Crippen LogP contribution in [-0.2, 0) is 6.42 Å². The highest BCUT2D eigenvalue weighted by Gasteiger charge is 2.22. The van der Waals surface area contributed by atoms with Crippen molar-refractivity contribution < 1.29 is 4.79 Å². The van der Waals surface area contributed by atoms with E-state index < -0.39 is 0 Å². The minimum absolute atomic E-state index is 0.167. The molecule has 1 unspecified atom stereocenters. The Bertz CT molecular complexity index is 447. The molecular weight excluding hydrogens is 260 g/mol. The van der Waals surface area contributed by atoms with Crippen molar-refractivity contribution in [1.82, 2.24) is 10.2 Å². The van der Waals surface area contributed by atoms with E-state index in [1.165, 1.54) is 18.4 Å². The Morgan fingerprint density at radius 3 is 2.57 bits per heavy atom. The van der Waals surface area contributed by atoms with Gasteiger partial charge in [0.2, 0.25) is 0 Å². The predicted molar refractivity (Wildman–Crippen MR) is 87.6 cm³/mol. The second kappa shape index (κ2) is 7.60. The Kier molecular flexibility index (Phi) is 5.80. The van der Waals surface area contributed by atoms with Crippen LogP contribution in [0, 0.1) is 5.92 Å². The second-order valence-electron chi connectivity index (χ2n) is 6.45. The van der Waals surface area contributed by atoms with Crippen LogP contribution in [0.3, 0.4) is 0 Å². The zero-order valence-electron chi connectivity index (χ0n) is 13.6. The molecule has 1 amide bonds. The van der Waals surface area contributed by atoms with Crippen LogP contribution in [-0.4, -0.2) is 36.5 Å². The van der Waals surface area contributed by atoms with E-state index in [0.29, 0.717) is 12.0 Å². The van der Waals surface area contributed by atoms with E-state index in [9.17, 15) is 4.79 Å². The summed E-state index contributed by atoms with van der Waals surface area (Å²) in [5.41, 5.74) is 2.09. The molecule has 116 valence electrons. The molecule has 0 spiro atoms. The van der Waals surface area contributed by atoms with Crippen LogP contribution in [0.1, 0.15) is 49.5 Å². The number of nitrogens with one attached hydrogen (secondary N) is 1. The van der Waals surface area contributed by atoms with Gasteiger partial charge in [0.15, 0.2) is 0 Å². The van der Waals surface area contributed by atoms with Crippen molar-refractivity contribution in [2.75, 3.05) is 19.6 Å². The molecule has 0 radical (unpaired) electrons. The Morgan fingerprint density at radius 1 is 1.33 bits per heavy atom. The fourth-order valence-electron chi connectivity index (χ4n) is 2.93. The first-order valence-electron chi connectivity index (χ1n) is 8.21. The average molecular weight is 288 g/mol. The Morgan fingerprint density at radius 2 is 2.05 bits per heavy atom. The maximum Gasteiger partial charge on any atom is 0.253 e. The highest BCUT2D eigenvalue weighted by atomic mass is 16.2. The van der Waals surface area contributed by atoms with Crippen molar-refractivity contribution in [2.24, 2.45) is 5.92 Å². The van der Waals surface area contributed by atoms with Gasteiger partial charge in [-0.1, -0.05) is 32.9 Å². The Labute approximate surface area is 128 Å². The van der Waals surface area contributed by atoms with Gasteiger partial charge in [0.05, 0.1) is 0 Å². The van der Waals surface area contributed by atoms with Crippen molar-refractivity contribution in [3.63, 3.8) is 0 Å². The first-order valence-corrected chi connectivity index (χ1v) is 8.21. The number of nitrogens with zero attached hydrogens (tertiary/aromatic N) is 1. The Hall–Kier alpha value is -1.35. The largest absolute Gasteiger partial charge is 0.337 e. The van der Waals surface area contributed by atoms with Gasteiger partial charge in [-0.3, -0.25) is 4.79 Å². The third-order valence-corrected chi connectivity index (χ3v) is 4.09. The predicted octanol–water partition coefficient (Wildman–Crippen LogP) is 3.10. The number of hydrogen-bond donors (Lipinski definition) is 1. The maximum absolute atomic E-state index is 12.8. The van der Waals surface area contributed by atoms with Gasteiger partial charge in [-0.25, -0.2) is 0 Å². The number of carbonyl (C=O) groups excluding carboxylic acids is 1. The highest BCUT2D eigenvalue weighted by Crippen LogP contribution is 2.13. The van der Waals surface area contributed by atoms with Gasteiger partial charge in [-0.2, -0.15) is 0 Å². The number of benzene rings is 1. The van der Waals surface area contributed by atoms with Crippen LogP contribution in [0.4, 0.5) is 0 Å². The van der Waals surface area contributed by atoms with E-state index in [-0.39, 0.29) is 5.91 Å². The normalized spacial score (nSPS) is 18.2. The van der Waals surface area contributed by atoms with Crippen LogP contribution in [0.5, 0.6) is 0 Å². The van der Waals surface area contributed by atoms with Gasteiger partial charge in [0.25, 0.3) is 5.91 Å². The van der Waals surface area contributed by atoms with Crippen molar-refractivity contribution in [2.45, 2.75) is 46.1 Å². The van der Waals surface area contributed by atoms with Crippen molar-refractivity contribution in [3.05, 3.63) is 35.4 Å². The molecule has 1 N–H and O–H groups in total. The van der Waals surface area contributed by atoms with Crippen LogP contribution in [0.25, 0.3) is 0 Å². The number of amides is 1. The summed E-state index contributed by atoms with van der Waals surface area (Å²) in [5, 5.41) is 3.49. The van der Waals surface area contributed by atoms with Crippen molar-refractivity contribution in [1.29, 1.82) is 0 Å². The van der Waals surface area contributed by atoms with E-state index in [2.05, 4.69) is 38.2 Å². The summed E-state index contributed by atoms with van der Waals surface area (Å²) in [6.45, 7) is 9.21. The summed E-state index contributed by atoms with van der Waals surface area (Å²) < 4.78 is 0. The molecule has 1 saturated heterocycles. The van der Waals surface area contributed by atoms with E-state index in [1.54, 1.807) is 0 Å². The molecule has 1 aromatic carbocycles. The molecule has 1 atom stereocenters. The molecule has 1 aromatic rings. The summed E-state index contributed by atoms with van der Waals surface area (Å²) in [6, 6.07) is 8.53. The highest BCUT2D eigenvalue weighted by molar-refractivity contribution is 5.94. The third kappa shape index (κ3) is 4.57. The monoisotopic (exact) mass is 288 g/mol. The van der Waals surface area contributed by atoms with Gasteiger partial charge >= 0.3 is 0 Å². The van der Waals surface area contributed by atoms with Gasteiger partial charge in [0.1, 0.15) is 0 Å². The second-order valence-corrected chi connectivity index (χ2v) is 6.45. The number of rotatable bonds is 6. The van der Waals surface area contributed by atoms with Gasteiger partial charge in [0, 0.05) is 24.7 Å². The van der Waals surface area contributed by atoms with Gasteiger partial charge < -0.3 is 10.2 Å². The molecule has 1 aliphatic heterocycles. The van der Waals surface area contributed by atoms with Crippen LogP contribution in [0.15, 0.2) is 24.3 Å². The summed E-state index contributed by atoms with van der Waals surface area (Å²) in [4.78, 5) is 14.8. The zero-order chi connectivity index (χ0) is 15.2. The molecule has 0 bridgehead atoms. The minimum Gasteiger partial charge on any atom is -0.337 e. The lowest BCUT2D eigenvalue weighted by atomic mass is 10.1. The molecule has 1 aliphatic rings. The molecule has 2 rings (SSSR count). The minimum atomic E-state index is 0.167. The van der Waals surface area contributed by atoms with E-state index >= 15 is 0 Å². The molecule has 3 nitrogen and oxygen atoms in total. The zero-order valence-corrected chi connectivity index (χ0v) is 13.6. The maximum atomic E-state index is 12.8. The SMILES string of the molecule is CCc1ccc(C(=O)N(CC(C)C)CC2CCCN2)cc1. The number of aryl methyl sites for hydroxylation is 1. The summed E-state index contributed by atoms with van der Waals surface area (Å²) in [5.74, 6) is 0.658.